The third-order valence-corrected chi connectivity index (χ3v) is 36.0. The number of ketones is 5. The Balaban J connectivity index is 0.00000452. The Bertz CT molecular complexity index is 3100. The minimum absolute atomic E-state index is 0. The number of hydrogen-bond donors (Lipinski definition) is 4. The first-order valence-electron chi connectivity index (χ1n) is 30.8. The van der Waals surface area contributed by atoms with Gasteiger partial charge in [0.25, 0.3) is 0 Å². The van der Waals surface area contributed by atoms with E-state index in [1.165, 1.54) is 55.4 Å². The fraction of sp³-hybridized carbons (Fsp3) is 0.443. The summed E-state index contributed by atoms with van der Waals surface area (Å²) in [6.45, 7) is 38.9. The van der Waals surface area contributed by atoms with E-state index in [9.17, 15) is 44.4 Å². The number of benzene rings is 5. The third-order valence-electron chi connectivity index (χ3n) is 14.2. The minimum atomic E-state index is -3.87. The monoisotopic (exact) mass is 1390 g/mol. The summed E-state index contributed by atoms with van der Waals surface area (Å²) < 4.78 is 70.0. The lowest BCUT2D eigenvalue weighted by molar-refractivity contribution is 0.0487. The van der Waals surface area contributed by atoms with Crippen molar-refractivity contribution >= 4 is 71.7 Å². The molecule has 4 N–H and O–H groups in total. The van der Waals surface area contributed by atoms with E-state index in [-0.39, 0.29) is 56.2 Å². The minimum Gasteiger partial charge on any atom is -0.494 e. The summed E-state index contributed by atoms with van der Waals surface area (Å²) in [5.74, 6) is 0.373. The van der Waals surface area contributed by atoms with Crippen molar-refractivity contribution in [2.45, 2.75) is 164 Å². The number of carbonyl (C=O) groups is 5. The molecule has 0 aliphatic carbocycles. The Hall–Kier alpha value is -6.35. The normalized spacial score (nSPS) is 21.0. The highest BCUT2D eigenvalue weighted by molar-refractivity contribution is 6.94. The van der Waals surface area contributed by atoms with Gasteiger partial charge in [0.2, 0.25) is 0 Å². The molecule has 94 heavy (non-hydrogen) atoms. The molecular formula is C70H102O19Si5. The highest BCUT2D eigenvalue weighted by Crippen LogP contribution is 2.37. The summed E-state index contributed by atoms with van der Waals surface area (Å²) in [4.78, 5) is 65.1. The second-order valence-electron chi connectivity index (χ2n) is 26.7. The summed E-state index contributed by atoms with van der Waals surface area (Å²) in [5.41, 5.74) is -5.22. The molecule has 1 aliphatic rings. The standard InChI is InChI=1S/C65H90O19Si5.2C2H4.CH4/c1-61(2,3)56(66)46-19-33-53(34-20-46)77-43-87(14)81-85(12,41-17-39-75-51-29-21-47(22-30-51)57(67)62(4,5)71)80-86(13,42-18-40-76-52-31-23-48(24-32-52)58(68)63(6,7)72)82-88(15,44-78-54-35-25-49(26-36-54)59(69)64(8,9)73)84-89(16,83-87)45-79-55-37-27-50(28-38-55)60(70)65(10,11)74;2*1-2;/h19-38,71-74H,17-18,39-45H2,1-16H3;2*1-2H2;1H4. The van der Waals surface area contributed by atoms with Crippen LogP contribution >= 0.6 is 0 Å². The molecule has 0 spiro atoms. The predicted octanol–water partition coefficient (Wildman–Crippen LogP) is 13.5. The molecule has 24 heteroatoms. The first kappa shape index (κ1) is 81.9. The molecule has 5 unspecified atom stereocenters. The molecule has 516 valence electrons. The Kier molecular flexibility index (Phi) is 29.2. The molecule has 0 aromatic heterocycles. The summed E-state index contributed by atoms with van der Waals surface area (Å²) in [6.07, 6.45) is 0.493. The number of rotatable bonds is 28. The molecule has 0 radical (unpaired) electrons. The van der Waals surface area contributed by atoms with Crippen LogP contribution in [0.1, 0.15) is 148 Å². The Morgan fingerprint density at radius 2 is 0.511 bits per heavy atom. The van der Waals surface area contributed by atoms with E-state index in [4.69, 9.17) is 44.3 Å². The van der Waals surface area contributed by atoms with Crippen molar-refractivity contribution in [3.63, 3.8) is 0 Å². The van der Waals surface area contributed by atoms with Crippen molar-refractivity contribution in [3.05, 3.63) is 175 Å². The van der Waals surface area contributed by atoms with Crippen LogP contribution in [0, 0.1) is 5.41 Å². The molecule has 1 saturated heterocycles. The fourth-order valence-corrected chi connectivity index (χ4v) is 36.8. The molecule has 5 aromatic carbocycles. The van der Waals surface area contributed by atoms with Crippen molar-refractivity contribution in [2.24, 2.45) is 5.41 Å². The molecule has 5 aromatic rings. The molecule has 0 amide bonds. The van der Waals surface area contributed by atoms with Crippen LogP contribution in [0.5, 0.6) is 28.7 Å². The molecule has 1 aliphatic heterocycles. The lowest BCUT2D eigenvalue weighted by atomic mass is 9.86. The maximum atomic E-state index is 13.3. The van der Waals surface area contributed by atoms with Crippen LogP contribution < -0.4 is 23.7 Å². The second kappa shape index (κ2) is 33.6. The molecule has 5 atom stereocenters. The topological polar surface area (TPSA) is 259 Å². The zero-order valence-electron chi connectivity index (χ0n) is 57.2. The molecule has 0 bridgehead atoms. The van der Waals surface area contributed by atoms with E-state index in [2.05, 4.69) is 26.3 Å². The molecule has 1 heterocycles. The van der Waals surface area contributed by atoms with E-state index in [0.717, 1.165) is 0 Å². The van der Waals surface area contributed by atoms with Crippen molar-refractivity contribution in [2.75, 3.05) is 31.9 Å². The largest absolute Gasteiger partial charge is 0.494 e. The highest BCUT2D eigenvalue weighted by atomic mass is 28.5. The van der Waals surface area contributed by atoms with Gasteiger partial charge in [0.05, 0.1) is 13.2 Å². The average Bonchev–Trinajstić information content (AvgIpc) is 0.765. The number of hydrogen-bond acceptors (Lipinski definition) is 19. The third kappa shape index (κ3) is 24.7. The van der Waals surface area contributed by atoms with Gasteiger partial charge < -0.3 is 64.7 Å². The Morgan fingerprint density at radius 1 is 0.330 bits per heavy atom. The maximum Gasteiger partial charge on any atom is 0.356 e. The van der Waals surface area contributed by atoms with Crippen LogP contribution in [0.4, 0.5) is 0 Å². The highest BCUT2D eigenvalue weighted by Gasteiger charge is 2.58. The van der Waals surface area contributed by atoms with Crippen molar-refractivity contribution in [1.29, 1.82) is 0 Å². The molecular weight excluding hydrogens is 1290 g/mol. The maximum absolute atomic E-state index is 13.3. The van der Waals surface area contributed by atoms with E-state index >= 15 is 0 Å². The van der Waals surface area contributed by atoms with Crippen LogP contribution in [-0.4, -0.2) is 146 Å². The van der Waals surface area contributed by atoms with Crippen molar-refractivity contribution in [3.8, 4) is 28.7 Å². The molecule has 19 nitrogen and oxygen atoms in total. The van der Waals surface area contributed by atoms with Crippen LogP contribution in [0.3, 0.4) is 0 Å². The van der Waals surface area contributed by atoms with Gasteiger partial charge in [-0.2, -0.15) is 0 Å². The van der Waals surface area contributed by atoms with Gasteiger partial charge in [-0.3, -0.25) is 24.0 Å². The Labute approximate surface area is 562 Å². The summed E-state index contributed by atoms with van der Waals surface area (Å²) >= 11 is 0. The van der Waals surface area contributed by atoms with Crippen LogP contribution in [0.25, 0.3) is 0 Å². The molecule has 6 rings (SSSR count). The predicted molar refractivity (Wildman–Crippen MR) is 378 cm³/mol. The average molecular weight is 1390 g/mol. The first-order valence-corrected chi connectivity index (χ1v) is 43.4. The van der Waals surface area contributed by atoms with Gasteiger partial charge in [-0.1, -0.05) is 28.2 Å². The lowest BCUT2D eigenvalue weighted by Crippen LogP contribution is -2.70. The number of aliphatic hydroxyl groups is 4. The van der Waals surface area contributed by atoms with E-state index in [1.807, 2.05) is 53.5 Å². The van der Waals surface area contributed by atoms with Gasteiger partial charge in [-0.15, -0.1) is 26.3 Å². The van der Waals surface area contributed by atoms with E-state index in [0.29, 0.717) is 70.4 Å². The van der Waals surface area contributed by atoms with Gasteiger partial charge >= 0.3 is 42.8 Å². The number of carbonyl (C=O) groups excluding carboxylic acids is 5. The van der Waals surface area contributed by atoms with Gasteiger partial charge in [-0.05, 0) is 234 Å². The summed E-state index contributed by atoms with van der Waals surface area (Å²) in [5, 5.41) is 41.8. The van der Waals surface area contributed by atoms with Gasteiger partial charge in [-0.25, -0.2) is 0 Å². The second-order valence-corrected chi connectivity index (χ2v) is 44.0. The van der Waals surface area contributed by atoms with Crippen LogP contribution in [-0.2, 0) is 20.6 Å². The van der Waals surface area contributed by atoms with Gasteiger partial charge in [0, 0.05) is 33.2 Å². The van der Waals surface area contributed by atoms with Crippen LogP contribution in [0.15, 0.2) is 148 Å². The summed E-state index contributed by atoms with van der Waals surface area (Å²) in [7, 11) is -18.8. The lowest BCUT2D eigenvalue weighted by Gasteiger charge is -2.49. The van der Waals surface area contributed by atoms with Crippen LogP contribution in [0.2, 0.25) is 44.8 Å². The van der Waals surface area contributed by atoms with Crippen molar-refractivity contribution in [1.82, 2.24) is 0 Å². The molecule has 1 fully saturated rings. The summed E-state index contributed by atoms with van der Waals surface area (Å²) in [6, 6.07) is 33.5. The van der Waals surface area contributed by atoms with Crippen molar-refractivity contribution < 1.29 is 88.7 Å². The number of ether oxygens (including phenoxy) is 5. The zero-order valence-corrected chi connectivity index (χ0v) is 62.2. The molecule has 0 saturated carbocycles. The quantitative estimate of drug-likeness (QED) is 0.0157. The fourth-order valence-electron chi connectivity index (χ4n) is 9.94. The first-order chi connectivity index (χ1) is 43.0. The zero-order chi connectivity index (χ0) is 70.2. The van der Waals surface area contributed by atoms with Gasteiger partial charge in [0.15, 0.2) is 28.9 Å². The smallest absolute Gasteiger partial charge is 0.356 e. The van der Waals surface area contributed by atoms with E-state index < -0.39 is 93.8 Å². The van der Waals surface area contributed by atoms with E-state index in [1.54, 1.807) is 121 Å². The SMILES string of the molecule is C.C=C.C=C.CC(C)(C)C(=O)c1ccc(OC[Si]2(C)O[Si](C)(CCCOc3ccc(C(=O)C(C)(C)O)cc3)O[Si](C)(CCCOc3ccc(C(=O)C(C)(C)O)cc3)O[Si](C)(COc3ccc(C(=O)C(C)(C)O)cc3)O[Si](C)(COc3ccc(C(=O)C(C)(C)O)cc3)O2)cc1. The van der Waals surface area contributed by atoms with Gasteiger partial charge in [0.1, 0.15) is 69.8 Å². The Morgan fingerprint density at radius 3 is 0.713 bits per heavy atom. The number of Topliss-reactive ketones (excluding diaryl/α,β-unsaturated/α-hetero) is 5.